The summed E-state index contributed by atoms with van der Waals surface area (Å²) in [7, 11) is 0. The van der Waals surface area contributed by atoms with E-state index in [9.17, 15) is 0 Å². The first-order chi connectivity index (χ1) is 24.6. The van der Waals surface area contributed by atoms with E-state index in [-0.39, 0.29) is 5.41 Å². The molecule has 0 unspecified atom stereocenters. The van der Waals surface area contributed by atoms with Gasteiger partial charge < -0.3 is 4.90 Å². The van der Waals surface area contributed by atoms with Crippen molar-refractivity contribution < 1.29 is 0 Å². The molecule has 0 N–H and O–H groups in total. The summed E-state index contributed by atoms with van der Waals surface area (Å²) in [6.45, 7) is 4.80. The lowest BCUT2D eigenvalue weighted by Gasteiger charge is -2.30. The van der Waals surface area contributed by atoms with Gasteiger partial charge in [0.2, 0.25) is 0 Å². The Morgan fingerprint density at radius 2 is 0.840 bits per heavy atom. The molecule has 238 valence electrons. The molecule has 1 nitrogen and oxygen atoms in total. The minimum Gasteiger partial charge on any atom is -0.310 e. The third-order valence-electron chi connectivity index (χ3n) is 10.4. The van der Waals surface area contributed by atoms with Crippen LogP contribution in [-0.4, -0.2) is 0 Å². The number of fused-ring (bicyclic) bond motifs is 5. The van der Waals surface area contributed by atoms with Gasteiger partial charge in [-0.2, -0.15) is 0 Å². The fraction of sp³-hybridized carbons (Fsp3) is 0.0612. The van der Waals surface area contributed by atoms with E-state index in [1.165, 1.54) is 72.1 Å². The van der Waals surface area contributed by atoms with Crippen LogP contribution in [0.3, 0.4) is 0 Å². The predicted molar refractivity (Wildman–Crippen MR) is 213 cm³/mol. The van der Waals surface area contributed by atoms with Crippen molar-refractivity contribution in [1.82, 2.24) is 0 Å². The Hall–Kier alpha value is -6.18. The summed E-state index contributed by atoms with van der Waals surface area (Å²) in [5, 5.41) is 2.56. The Bertz CT molecular complexity index is 2380. The van der Waals surface area contributed by atoms with Crippen molar-refractivity contribution in [3.8, 4) is 44.5 Å². The zero-order chi connectivity index (χ0) is 33.7. The highest BCUT2D eigenvalue weighted by Crippen LogP contribution is 2.57. The summed E-state index contributed by atoms with van der Waals surface area (Å²) in [5.41, 5.74) is 15.9. The predicted octanol–water partition coefficient (Wildman–Crippen LogP) is 13.6. The van der Waals surface area contributed by atoms with Crippen LogP contribution in [0.25, 0.3) is 55.3 Å². The van der Waals surface area contributed by atoms with E-state index in [0.29, 0.717) is 0 Å². The zero-order valence-corrected chi connectivity index (χ0v) is 28.3. The lowest BCUT2D eigenvalue weighted by Crippen LogP contribution is -2.17. The van der Waals surface area contributed by atoms with Crippen LogP contribution in [0.5, 0.6) is 0 Å². The summed E-state index contributed by atoms with van der Waals surface area (Å²) >= 11 is 0. The van der Waals surface area contributed by atoms with Crippen LogP contribution in [0.2, 0.25) is 0 Å². The van der Waals surface area contributed by atoms with Crippen molar-refractivity contribution in [2.75, 3.05) is 4.90 Å². The minimum atomic E-state index is -0.203. The van der Waals surface area contributed by atoms with Crippen molar-refractivity contribution in [1.29, 1.82) is 0 Å². The molecule has 0 radical (unpaired) electrons. The second kappa shape index (κ2) is 12.1. The highest BCUT2D eigenvalue weighted by molar-refractivity contribution is 6.06. The zero-order valence-electron chi connectivity index (χ0n) is 28.3. The van der Waals surface area contributed by atoms with Crippen molar-refractivity contribution in [2.24, 2.45) is 0 Å². The highest BCUT2D eigenvalue weighted by Gasteiger charge is 2.40. The van der Waals surface area contributed by atoms with Crippen LogP contribution >= 0.6 is 0 Å². The first-order valence-electron chi connectivity index (χ1n) is 17.4. The summed E-state index contributed by atoms with van der Waals surface area (Å²) in [5.74, 6) is 0. The van der Waals surface area contributed by atoms with Gasteiger partial charge in [0.25, 0.3) is 0 Å². The molecule has 50 heavy (non-hydrogen) atoms. The molecule has 0 heterocycles. The average molecular weight is 640 g/mol. The van der Waals surface area contributed by atoms with Crippen LogP contribution < -0.4 is 4.90 Å². The first kappa shape index (κ1) is 29.9. The molecule has 8 aromatic carbocycles. The van der Waals surface area contributed by atoms with Crippen LogP contribution in [0.1, 0.15) is 25.0 Å². The molecule has 0 aliphatic heterocycles. The summed E-state index contributed by atoms with van der Waals surface area (Å²) in [6, 6.07) is 68.5. The second-order valence-electron chi connectivity index (χ2n) is 13.8. The fourth-order valence-electron chi connectivity index (χ4n) is 7.95. The molecule has 8 aromatic rings. The summed E-state index contributed by atoms with van der Waals surface area (Å²) in [4.78, 5) is 2.46. The van der Waals surface area contributed by atoms with Crippen LogP contribution in [0, 0.1) is 0 Å². The molecule has 1 aliphatic carbocycles. The van der Waals surface area contributed by atoms with Gasteiger partial charge in [0.05, 0.1) is 5.69 Å². The molecule has 0 fully saturated rings. The Balaban J connectivity index is 1.28. The van der Waals surface area contributed by atoms with E-state index in [4.69, 9.17) is 0 Å². The number of rotatable bonds is 6. The molecule has 0 spiro atoms. The highest BCUT2D eigenvalue weighted by atomic mass is 15.1. The number of anilines is 3. The molecule has 0 bridgehead atoms. The maximum absolute atomic E-state index is 2.46. The minimum absolute atomic E-state index is 0.203. The van der Waals surface area contributed by atoms with Crippen LogP contribution in [0.15, 0.2) is 188 Å². The Kier molecular flexibility index (Phi) is 7.21. The van der Waals surface area contributed by atoms with Gasteiger partial charge in [0.1, 0.15) is 0 Å². The summed E-state index contributed by atoms with van der Waals surface area (Å²) < 4.78 is 0. The van der Waals surface area contributed by atoms with Crippen molar-refractivity contribution >= 4 is 27.8 Å². The molecule has 1 heteroatoms. The largest absolute Gasteiger partial charge is 0.310 e. The lowest BCUT2D eigenvalue weighted by atomic mass is 9.79. The van der Waals surface area contributed by atoms with E-state index in [2.05, 4.69) is 207 Å². The topological polar surface area (TPSA) is 3.24 Å². The van der Waals surface area contributed by atoms with E-state index in [0.717, 1.165) is 11.4 Å². The molecular formula is C49H37N. The van der Waals surface area contributed by atoms with Gasteiger partial charge in [0, 0.05) is 22.4 Å². The SMILES string of the molecule is CC1(C)c2cc(-c3ccccc3)ccc2-c2c(N(c3ccc(-c4ccccc4)cc3)c3ccc(-c4ccccc4)cc3)cc3ccccc3c21. The molecule has 0 aromatic heterocycles. The lowest BCUT2D eigenvalue weighted by molar-refractivity contribution is 0.666. The molecule has 0 saturated heterocycles. The van der Waals surface area contributed by atoms with E-state index >= 15 is 0 Å². The number of nitrogens with zero attached hydrogens (tertiary/aromatic N) is 1. The van der Waals surface area contributed by atoms with Gasteiger partial charge in [-0.3, -0.25) is 0 Å². The van der Waals surface area contributed by atoms with Gasteiger partial charge >= 0.3 is 0 Å². The van der Waals surface area contributed by atoms with Crippen molar-refractivity contribution in [3.05, 3.63) is 199 Å². The molecule has 0 atom stereocenters. The van der Waals surface area contributed by atoms with Gasteiger partial charge in [-0.05, 0) is 97.2 Å². The normalized spacial score (nSPS) is 12.8. The van der Waals surface area contributed by atoms with Crippen LogP contribution in [-0.2, 0) is 5.41 Å². The third-order valence-corrected chi connectivity index (χ3v) is 10.4. The van der Waals surface area contributed by atoms with E-state index in [1.54, 1.807) is 0 Å². The smallest absolute Gasteiger partial charge is 0.0549 e. The van der Waals surface area contributed by atoms with Gasteiger partial charge in [-0.15, -0.1) is 0 Å². The quantitative estimate of drug-likeness (QED) is 0.175. The van der Waals surface area contributed by atoms with E-state index < -0.39 is 0 Å². The monoisotopic (exact) mass is 639 g/mol. The van der Waals surface area contributed by atoms with Gasteiger partial charge in [-0.1, -0.05) is 166 Å². The maximum Gasteiger partial charge on any atom is 0.0549 e. The van der Waals surface area contributed by atoms with Crippen LogP contribution in [0.4, 0.5) is 17.1 Å². The third kappa shape index (κ3) is 5.02. The Morgan fingerprint density at radius 1 is 0.400 bits per heavy atom. The number of hydrogen-bond donors (Lipinski definition) is 0. The van der Waals surface area contributed by atoms with Gasteiger partial charge in [-0.25, -0.2) is 0 Å². The first-order valence-corrected chi connectivity index (χ1v) is 17.4. The molecule has 9 rings (SSSR count). The van der Waals surface area contributed by atoms with Crippen molar-refractivity contribution in [2.45, 2.75) is 19.3 Å². The summed E-state index contributed by atoms with van der Waals surface area (Å²) in [6.07, 6.45) is 0. The molecule has 1 aliphatic rings. The Morgan fingerprint density at radius 3 is 1.38 bits per heavy atom. The number of hydrogen-bond acceptors (Lipinski definition) is 1. The van der Waals surface area contributed by atoms with E-state index in [1.807, 2.05) is 0 Å². The molecule has 0 amide bonds. The average Bonchev–Trinajstić information content (AvgIpc) is 3.43. The van der Waals surface area contributed by atoms with Crippen molar-refractivity contribution in [3.63, 3.8) is 0 Å². The second-order valence-corrected chi connectivity index (χ2v) is 13.8. The fourth-order valence-corrected chi connectivity index (χ4v) is 7.95. The number of benzene rings is 8. The molecule has 0 saturated carbocycles. The van der Waals surface area contributed by atoms with Gasteiger partial charge in [0.15, 0.2) is 0 Å². The standard InChI is InChI=1S/C49H37N/c1-49(2)45-32-39(36-18-10-5-11-19-36)26-31-44(45)47-46(33-40-20-12-13-21-43(40)48(47)49)50(41-27-22-37(23-28-41)34-14-6-3-7-15-34)42-29-24-38(25-30-42)35-16-8-4-9-17-35/h3-33H,1-2H3. The maximum atomic E-state index is 2.46. The Labute approximate surface area is 294 Å². The molecular weight excluding hydrogens is 603 g/mol.